The first-order chi connectivity index (χ1) is 11.9. The summed E-state index contributed by atoms with van der Waals surface area (Å²) in [5, 5.41) is 9.15. The van der Waals surface area contributed by atoms with Crippen LogP contribution in [0.5, 0.6) is 0 Å². The van der Waals surface area contributed by atoms with Crippen molar-refractivity contribution in [1.82, 2.24) is 4.98 Å². The zero-order valence-electron chi connectivity index (χ0n) is 13.1. The predicted octanol–water partition coefficient (Wildman–Crippen LogP) is 3.44. The summed E-state index contributed by atoms with van der Waals surface area (Å²) in [4.78, 5) is 7.09. The van der Waals surface area contributed by atoms with Gasteiger partial charge in [0.05, 0.1) is 11.3 Å². The van der Waals surface area contributed by atoms with Crippen LogP contribution in [0.1, 0.15) is 11.3 Å². The smallest absolute Gasteiger partial charge is 0.366 e. The number of hydrogen-bond donors (Lipinski definition) is 0. The number of hydrogen-bond acceptors (Lipinski definition) is 4. The zero-order chi connectivity index (χ0) is 18.0. The Hall–Kier alpha value is -2.82. The molecule has 1 aromatic carbocycles. The summed E-state index contributed by atoms with van der Waals surface area (Å²) in [7, 11) is 0. The Morgan fingerprint density at radius 1 is 0.960 bits per heavy atom. The van der Waals surface area contributed by atoms with Crippen molar-refractivity contribution in [1.29, 1.82) is 5.26 Å². The van der Waals surface area contributed by atoms with Crippen molar-refractivity contribution in [2.75, 3.05) is 36.0 Å². The minimum absolute atomic E-state index is 0.0190. The van der Waals surface area contributed by atoms with Gasteiger partial charge in [-0.25, -0.2) is 9.37 Å². The number of nitriles is 1. The molecule has 1 aliphatic heterocycles. The molecule has 0 unspecified atom stereocenters. The van der Waals surface area contributed by atoms with Gasteiger partial charge in [0.1, 0.15) is 23.4 Å². The molecule has 0 aliphatic carbocycles. The summed E-state index contributed by atoms with van der Waals surface area (Å²) in [5.74, 6) is -0.323. The average Bonchev–Trinajstić information content (AvgIpc) is 2.61. The van der Waals surface area contributed by atoms with E-state index >= 15 is 0 Å². The fourth-order valence-corrected chi connectivity index (χ4v) is 2.80. The van der Waals surface area contributed by atoms with Gasteiger partial charge in [0.25, 0.3) is 0 Å². The topological polar surface area (TPSA) is 43.2 Å². The Morgan fingerprint density at radius 3 is 2.20 bits per heavy atom. The molecule has 0 N–H and O–H groups in total. The lowest BCUT2D eigenvalue weighted by atomic mass is 10.2. The normalized spacial score (nSPS) is 15.2. The molecule has 1 saturated heterocycles. The summed E-state index contributed by atoms with van der Waals surface area (Å²) in [6, 6.07) is 10.2. The Morgan fingerprint density at radius 2 is 1.60 bits per heavy atom. The minimum atomic E-state index is -4.57. The van der Waals surface area contributed by atoms with Gasteiger partial charge in [-0.2, -0.15) is 18.4 Å². The number of benzene rings is 1. The Balaban J connectivity index is 1.81. The summed E-state index contributed by atoms with van der Waals surface area (Å²) < 4.78 is 52.5. The lowest BCUT2D eigenvalue weighted by molar-refractivity contribution is -0.141. The van der Waals surface area contributed by atoms with Crippen LogP contribution in [0.3, 0.4) is 0 Å². The van der Waals surface area contributed by atoms with E-state index in [9.17, 15) is 17.6 Å². The second-order valence-electron chi connectivity index (χ2n) is 5.60. The molecule has 0 saturated carbocycles. The van der Waals surface area contributed by atoms with Crippen LogP contribution in [0, 0.1) is 17.1 Å². The molecule has 2 aromatic rings. The summed E-state index contributed by atoms with van der Waals surface area (Å²) >= 11 is 0. The van der Waals surface area contributed by atoms with Crippen molar-refractivity contribution in [3.8, 4) is 6.07 Å². The average molecular weight is 350 g/mol. The molecule has 25 heavy (non-hydrogen) atoms. The monoisotopic (exact) mass is 350 g/mol. The van der Waals surface area contributed by atoms with Gasteiger partial charge in [0, 0.05) is 26.2 Å². The molecule has 0 atom stereocenters. The van der Waals surface area contributed by atoms with E-state index in [2.05, 4.69) is 4.98 Å². The molecule has 3 rings (SSSR count). The third-order valence-corrected chi connectivity index (χ3v) is 4.06. The highest BCUT2D eigenvalue weighted by molar-refractivity contribution is 5.56. The molecule has 0 bridgehead atoms. The van der Waals surface area contributed by atoms with Crippen LogP contribution in [-0.4, -0.2) is 31.2 Å². The molecule has 1 aromatic heterocycles. The Kier molecular flexibility index (Phi) is 4.49. The first kappa shape index (κ1) is 17.0. The van der Waals surface area contributed by atoms with Crippen molar-refractivity contribution >= 4 is 11.5 Å². The highest BCUT2D eigenvalue weighted by Crippen LogP contribution is 2.31. The molecule has 8 heteroatoms. The van der Waals surface area contributed by atoms with Crippen molar-refractivity contribution in [3.63, 3.8) is 0 Å². The van der Waals surface area contributed by atoms with Crippen LogP contribution in [-0.2, 0) is 6.18 Å². The number of pyridine rings is 1. The van der Waals surface area contributed by atoms with E-state index < -0.39 is 11.9 Å². The number of piperazine rings is 1. The molecule has 4 nitrogen and oxygen atoms in total. The van der Waals surface area contributed by atoms with Crippen LogP contribution in [0.15, 0.2) is 36.4 Å². The van der Waals surface area contributed by atoms with E-state index in [1.165, 1.54) is 6.07 Å². The van der Waals surface area contributed by atoms with E-state index in [-0.39, 0.29) is 17.2 Å². The fourth-order valence-electron chi connectivity index (χ4n) is 2.80. The molecule has 2 heterocycles. The summed E-state index contributed by atoms with van der Waals surface area (Å²) in [6.07, 6.45) is -4.57. The van der Waals surface area contributed by atoms with Crippen molar-refractivity contribution in [2.24, 2.45) is 0 Å². The number of halogens is 4. The molecule has 130 valence electrons. The van der Waals surface area contributed by atoms with Gasteiger partial charge in [-0.3, -0.25) is 0 Å². The molecular weight excluding hydrogens is 336 g/mol. The van der Waals surface area contributed by atoms with Crippen molar-refractivity contribution in [3.05, 3.63) is 53.5 Å². The largest absolute Gasteiger partial charge is 0.433 e. The molecule has 1 fully saturated rings. The number of anilines is 2. The van der Waals surface area contributed by atoms with E-state index in [1.807, 2.05) is 11.0 Å². The van der Waals surface area contributed by atoms with Gasteiger partial charge in [0.15, 0.2) is 0 Å². The van der Waals surface area contributed by atoms with E-state index in [0.717, 1.165) is 12.1 Å². The van der Waals surface area contributed by atoms with Crippen molar-refractivity contribution < 1.29 is 17.6 Å². The summed E-state index contributed by atoms with van der Waals surface area (Å²) in [6.45, 7) is 1.53. The third-order valence-electron chi connectivity index (χ3n) is 4.06. The quantitative estimate of drug-likeness (QED) is 0.779. The van der Waals surface area contributed by atoms with Crippen LogP contribution < -0.4 is 9.80 Å². The van der Waals surface area contributed by atoms with Gasteiger partial charge >= 0.3 is 6.18 Å². The molecule has 0 spiro atoms. The Labute approximate surface area is 141 Å². The van der Waals surface area contributed by atoms with Gasteiger partial charge in [-0.1, -0.05) is 12.1 Å². The highest BCUT2D eigenvalue weighted by Gasteiger charge is 2.34. The molecular formula is C17H14F4N4. The number of nitrogens with zero attached hydrogens (tertiary/aromatic N) is 4. The highest BCUT2D eigenvalue weighted by atomic mass is 19.4. The lowest BCUT2D eigenvalue weighted by Crippen LogP contribution is -2.47. The maximum atomic E-state index is 13.9. The van der Waals surface area contributed by atoms with Gasteiger partial charge < -0.3 is 9.80 Å². The number of para-hydroxylation sites is 1. The minimum Gasteiger partial charge on any atom is -0.366 e. The van der Waals surface area contributed by atoms with E-state index in [1.54, 1.807) is 23.1 Å². The van der Waals surface area contributed by atoms with Crippen LogP contribution in [0.2, 0.25) is 0 Å². The fraction of sp³-hybridized carbons (Fsp3) is 0.294. The first-order valence-corrected chi connectivity index (χ1v) is 7.63. The second-order valence-corrected chi connectivity index (χ2v) is 5.60. The van der Waals surface area contributed by atoms with Crippen LogP contribution in [0.4, 0.5) is 29.1 Å². The zero-order valence-corrected chi connectivity index (χ0v) is 13.1. The number of rotatable bonds is 2. The van der Waals surface area contributed by atoms with Gasteiger partial charge in [-0.05, 0) is 24.3 Å². The van der Waals surface area contributed by atoms with E-state index in [4.69, 9.17) is 5.26 Å². The first-order valence-electron chi connectivity index (χ1n) is 7.63. The van der Waals surface area contributed by atoms with E-state index in [0.29, 0.717) is 31.9 Å². The second kappa shape index (κ2) is 6.59. The van der Waals surface area contributed by atoms with Gasteiger partial charge in [-0.15, -0.1) is 0 Å². The molecule has 0 amide bonds. The van der Waals surface area contributed by atoms with Crippen LogP contribution in [0.25, 0.3) is 0 Å². The maximum absolute atomic E-state index is 13.9. The standard InChI is InChI=1S/C17H14F4N4/c18-13-3-1-2-4-14(13)24-7-9-25(10-8-24)16-12(11-22)5-6-15(23-16)17(19,20)21/h1-6H,7-10H2. The van der Waals surface area contributed by atoms with Crippen molar-refractivity contribution in [2.45, 2.75) is 6.18 Å². The summed E-state index contributed by atoms with van der Waals surface area (Å²) in [5.41, 5.74) is -0.481. The third kappa shape index (κ3) is 3.50. The van der Waals surface area contributed by atoms with Crippen LogP contribution >= 0.6 is 0 Å². The predicted molar refractivity (Wildman–Crippen MR) is 84.8 cm³/mol. The number of alkyl halides is 3. The number of aromatic nitrogens is 1. The SMILES string of the molecule is N#Cc1ccc(C(F)(F)F)nc1N1CCN(c2ccccc2F)CC1. The molecule has 1 aliphatic rings. The maximum Gasteiger partial charge on any atom is 0.433 e. The lowest BCUT2D eigenvalue weighted by Gasteiger charge is -2.37. The molecule has 0 radical (unpaired) electrons. The van der Waals surface area contributed by atoms with Gasteiger partial charge in [0.2, 0.25) is 0 Å². The Bertz CT molecular complexity index is 805.